The van der Waals surface area contributed by atoms with E-state index < -0.39 is 0 Å². The van der Waals surface area contributed by atoms with Crippen molar-refractivity contribution >= 4 is 39.3 Å². The summed E-state index contributed by atoms with van der Waals surface area (Å²) < 4.78 is 0. The van der Waals surface area contributed by atoms with Gasteiger partial charge in [0.15, 0.2) is 11.6 Å². The molecule has 0 aliphatic heterocycles. The Kier molecular flexibility index (Phi) is 3.09. The summed E-state index contributed by atoms with van der Waals surface area (Å²) in [5.74, 6) is 0.689. The Morgan fingerprint density at radius 3 is 2.54 bits per heavy atom. The van der Waals surface area contributed by atoms with Crippen molar-refractivity contribution in [2.24, 2.45) is 0 Å². The van der Waals surface area contributed by atoms with Crippen molar-refractivity contribution in [3.63, 3.8) is 0 Å². The molecular formula is C16H15N7O. The van der Waals surface area contributed by atoms with E-state index in [-0.39, 0.29) is 5.91 Å². The van der Waals surface area contributed by atoms with Gasteiger partial charge in [-0.2, -0.15) is 10.2 Å². The van der Waals surface area contributed by atoms with Crippen LogP contribution in [0.1, 0.15) is 15.9 Å². The van der Waals surface area contributed by atoms with E-state index in [1.165, 1.54) is 0 Å². The third-order valence-electron chi connectivity index (χ3n) is 3.96. The second-order valence-electron chi connectivity index (χ2n) is 5.54. The number of rotatable bonds is 3. The van der Waals surface area contributed by atoms with Crippen molar-refractivity contribution in [1.29, 1.82) is 0 Å². The number of nitrogen functional groups attached to an aromatic ring is 2. The van der Waals surface area contributed by atoms with Gasteiger partial charge in [0, 0.05) is 22.9 Å². The van der Waals surface area contributed by atoms with Crippen LogP contribution in [0.25, 0.3) is 21.8 Å². The zero-order chi connectivity index (χ0) is 16.7. The fraction of sp³-hybridized carbons (Fsp3) is 0.0625. The third kappa shape index (κ3) is 2.30. The SMILES string of the molecule is Nc1n[nH]c2cc(C(=O)NCc3ccc4[nH]nc(N)c4c3)ccc12. The summed E-state index contributed by atoms with van der Waals surface area (Å²) in [6.07, 6.45) is 0. The summed E-state index contributed by atoms with van der Waals surface area (Å²) in [4.78, 5) is 12.3. The van der Waals surface area contributed by atoms with Crippen LogP contribution in [-0.4, -0.2) is 26.3 Å². The van der Waals surface area contributed by atoms with Crippen molar-refractivity contribution in [1.82, 2.24) is 25.7 Å². The van der Waals surface area contributed by atoms with Crippen LogP contribution in [0.15, 0.2) is 36.4 Å². The molecule has 120 valence electrons. The highest BCUT2D eigenvalue weighted by molar-refractivity contribution is 5.99. The maximum absolute atomic E-state index is 12.3. The molecule has 0 radical (unpaired) electrons. The Hall–Kier alpha value is -3.55. The Morgan fingerprint density at radius 1 is 0.958 bits per heavy atom. The zero-order valence-electron chi connectivity index (χ0n) is 12.6. The normalized spacial score (nSPS) is 11.2. The Labute approximate surface area is 136 Å². The predicted molar refractivity (Wildman–Crippen MR) is 92.2 cm³/mol. The molecule has 0 saturated carbocycles. The summed E-state index contributed by atoms with van der Waals surface area (Å²) in [6, 6.07) is 10.9. The quantitative estimate of drug-likeness (QED) is 0.389. The highest BCUT2D eigenvalue weighted by atomic mass is 16.1. The van der Waals surface area contributed by atoms with Crippen molar-refractivity contribution < 1.29 is 4.79 Å². The Balaban J connectivity index is 1.52. The molecule has 0 saturated heterocycles. The van der Waals surface area contributed by atoms with E-state index in [4.69, 9.17) is 11.5 Å². The van der Waals surface area contributed by atoms with Gasteiger partial charge in [-0.1, -0.05) is 6.07 Å². The number of hydrogen-bond donors (Lipinski definition) is 5. The second kappa shape index (κ2) is 5.27. The molecular weight excluding hydrogens is 306 g/mol. The number of carbonyl (C=O) groups excluding carboxylic acids is 1. The molecule has 8 heteroatoms. The lowest BCUT2D eigenvalue weighted by Crippen LogP contribution is -2.22. The molecule has 4 aromatic rings. The number of nitrogens with zero attached hydrogens (tertiary/aromatic N) is 2. The molecule has 2 aromatic heterocycles. The first-order chi connectivity index (χ1) is 11.6. The lowest BCUT2D eigenvalue weighted by molar-refractivity contribution is 0.0951. The van der Waals surface area contributed by atoms with Gasteiger partial charge in [0.2, 0.25) is 0 Å². The molecule has 4 rings (SSSR count). The third-order valence-corrected chi connectivity index (χ3v) is 3.96. The minimum absolute atomic E-state index is 0.176. The molecule has 24 heavy (non-hydrogen) atoms. The Bertz CT molecular complexity index is 1060. The summed E-state index contributed by atoms with van der Waals surface area (Å²) >= 11 is 0. The molecule has 0 aliphatic rings. The first-order valence-corrected chi connectivity index (χ1v) is 7.36. The lowest BCUT2D eigenvalue weighted by Gasteiger charge is -2.06. The van der Waals surface area contributed by atoms with Gasteiger partial charge < -0.3 is 16.8 Å². The van der Waals surface area contributed by atoms with Crippen molar-refractivity contribution in [2.75, 3.05) is 11.5 Å². The largest absolute Gasteiger partial charge is 0.382 e. The number of hydrogen-bond acceptors (Lipinski definition) is 5. The van der Waals surface area contributed by atoms with E-state index in [9.17, 15) is 4.79 Å². The van der Waals surface area contributed by atoms with Gasteiger partial charge in [-0.3, -0.25) is 15.0 Å². The smallest absolute Gasteiger partial charge is 0.251 e. The first kappa shape index (κ1) is 14.1. The molecule has 0 unspecified atom stereocenters. The van der Waals surface area contributed by atoms with Gasteiger partial charge in [-0.05, 0) is 35.9 Å². The maximum atomic E-state index is 12.3. The summed E-state index contributed by atoms with van der Waals surface area (Å²) in [6.45, 7) is 0.391. The molecule has 0 atom stereocenters. The monoisotopic (exact) mass is 321 g/mol. The van der Waals surface area contributed by atoms with E-state index in [0.717, 1.165) is 27.4 Å². The zero-order valence-corrected chi connectivity index (χ0v) is 12.6. The number of fused-ring (bicyclic) bond motifs is 2. The fourth-order valence-electron chi connectivity index (χ4n) is 2.66. The average molecular weight is 321 g/mol. The number of aromatic amines is 2. The van der Waals surface area contributed by atoms with E-state index in [2.05, 4.69) is 25.7 Å². The number of H-pyrrole nitrogens is 2. The Morgan fingerprint density at radius 2 is 1.71 bits per heavy atom. The molecule has 7 N–H and O–H groups in total. The van der Waals surface area contributed by atoms with Gasteiger partial charge >= 0.3 is 0 Å². The van der Waals surface area contributed by atoms with Crippen molar-refractivity contribution in [2.45, 2.75) is 6.54 Å². The minimum Gasteiger partial charge on any atom is -0.382 e. The average Bonchev–Trinajstić information content (AvgIpc) is 3.16. The summed E-state index contributed by atoms with van der Waals surface area (Å²) in [5, 5.41) is 18.1. The summed E-state index contributed by atoms with van der Waals surface area (Å²) in [5.41, 5.74) is 14.6. The maximum Gasteiger partial charge on any atom is 0.251 e. The summed E-state index contributed by atoms with van der Waals surface area (Å²) in [7, 11) is 0. The van der Waals surface area contributed by atoms with Crippen LogP contribution in [0.2, 0.25) is 0 Å². The van der Waals surface area contributed by atoms with Crippen LogP contribution >= 0.6 is 0 Å². The minimum atomic E-state index is -0.176. The standard InChI is InChI=1S/C16H15N7O/c17-14-10-3-2-9(6-13(10)21-22-14)16(24)19-7-8-1-4-12-11(5-8)15(18)23-20-12/h1-6H,7H2,(H,19,24)(H3,17,21,22)(H3,18,20,23). The van der Waals surface area contributed by atoms with Gasteiger partial charge in [-0.15, -0.1) is 0 Å². The highest BCUT2D eigenvalue weighted by Crippen LogP contribution is 2.20. The first-order valence-electron chi connectivity index (χ1n) is 7.36. The molecule has 0 aliphatic carbocycles. The van der Waals surface area contributed by atoms with E-state index >= 15 is 0 Å². The van der Waals surface area contributed by atoms with Gasteiger partial charge in [0.1, 0.15) is 0 Å². The topological polar surface area (TPSA) is 138 Å². The van der Waals surface area contributed by atoms with Crippen LogP contribution in [0.4, 0.5) is 11.6 Å². The van der Waals surface area contributed by atoms with Gasteiger partial charge in [0.05, 0.1) is 11.0 Å². The van der Waals surface area contributed by atoms with Gasteiger partial charge in [0.25, 0.3) is 5.91 Å². The van der Waals surface area contributed by atoms with E-state index in [1.54, 1.807) is 18.2 Å². The highest BCUT2D eigenvalue weighted by Gasteiger charge is 2.10. The predicted octanol–water partition coefficient (Wildman–Crippen LogP) is 1.53. The lowest BCUT2D eigenvalue weighted by atomic mass is 10.1. The number of carbonyl (C=O) groups is 1. The van der Waals surface area contributed by atoms with Crippen LogP contribution in [0.5, 0.6) is 0 Å². The molecule has 0 bridgehead atoms. The number of anilines is 2. The van der Waals surface area contributed by atoms with E-state index in [0.29, 0.717) is 23.7 Å². The van der Waals surface area contributed by atoms with E-state index in [1.807, 2.05) is 18.2 Å². The van der Waals surface area contributed by atoms with Crippen molar-refractivity contribution in [3.05, 3.63) is 47.5 Å². The number of nitrogens with two attached hydrogens (primary N) is 2. The number of benzene rings is 2. The number of amides is 1. The number of aromatic nitrogens is 4. The molecule has 0 spiro atoms. The molecule has 1 amide bonds. The van der Waals surface area contributed by atoms with Crippen LogP contribution < -0.4 is 16.8 Å². The molecule has 8 nitrogen and oxygen atoms in total. The van der Waals surface area contributed by atoms with Gasteiger partial charge in [-0.25, -0.2) is 0 Å². The molecule has 0 fully saturated rings. The number of nitrogens with one attached hydrogen (secondary N) is 3. The van der Waals surface area contributed by atoms with Crippen LogP contribution in [0.3, 0.4) is 0 Å². The van der Waals surface area contributed by atoms with Crippen LogP contribution in [-0.2, 0) is 6.54 Å². The van der Waals surface area contributed by atoms with Crippen molar-refractivity contribution in [3.8, 4) is 0 Å². The molecule has 2 aromatic carbocycles. The fourth-order valence-corrected chi connectivity index (χ4v) is 2.66. The molecule has 2 heterocycles. The second-order valence-corrected chi connectivity index (χ2v) is 5.54. The van der Waals surface area contributed by atoms with Crippen LogP contribution in [0, 0.1) is 0 Å².